The van der Waals surface area contributed by atoms with Gasteiger partial charge >= 0.3 is 11.6 Å². The third-order valence-corrected chi connectivity index (χ3v) is 2.25. The van der Waals surface area contributed by atoms with E-state index >= 15 is 0 Å². The highest BCUT2D eigenvalue weighted by atomic mass is 16.6. The Labute approximate surface area is 88.9 Å². The quantitative estimate of drug-likeness (QED) is 0.386. The molecule has 0 fully saturated rings. The van der Waals surface area contributed by atoms with Gasteiger partial charge in [0.15, 0.2) is 0 Å². The predicted octanol–water partition coefficient (Wildman–Crippen LogP) is -0.256. The summed E-state index contributed by atoms with van der Waals surface area (Å²) in [5.41, 5.74) is -1.07. The molecule has 7 heteroatoms. The molecule has 1 aliphatic rings. The molecule has 1 atom stereocenters. The number of rotatable bonds is 1. The highest BCUT2D eigenvalue weighted by molar-refractivity contribution is 5.97. The van der Waals surface area contributed by atoms with Crippen molar-refractivity contribution >= 4 is 17.4 Å². The van der Waals surface area contributed by atoms with Crippen LogP contribution >= 0.6 is 0 Å². The molecule has 16 heavy (non-hydrogen) atoms. The van der Waals surface area contributed by atoms with Gasteiger partial charge in [-0.25, -0.2) is 4.79 Å². The zero-order valence-corrected chi connectivity index (χ0v) is 7.84. The highest BCUT2D eigenvalue weighted by Crippen LogP contribution is 2.25. The normalized spacial score (nSPS) is 19.6. The summed E-state index contributed by atoms with van der Waals surface area (Å²) in [5.74, 6) is -2.05. The van der Waals surface area contributed by atoms with E-state index in [0.29, 0.717) is 0 Å². The molecule has 1 aromatic rings. The molecule has 0 spiro atoms. The number of nitrogens with zero attached hydrogens (tertiary/aromatic N) is 1. The number of aliphatic hydroxyl groups is 1. The molecule has 1 aliphatic heterocycles. The first-order valence-corrected chi connectivity index (χ1v) is 4.30. The topological polar surface area (TPSA) is 108 Å². The van der Waals surface area contributed by atoms with E-state index in [4.69, 9.17) is 0 Å². The SMILES string of the molecule is O=C1C([N+](=O)[O-])=C(O)c2ccccc2[NH+]1[O-]. The number of nitro groups is 1. The van der Waals surface area contributed by atoms with Gasteiger partial charge in [-0.15, -0.1) is 0 Å². The summed E-state index contributed by atoms with van der Waals surface area (Å²) in [6.07, 6.45) is 0. The van der Waals surface area contributed by atoms with Crippen molar-refractivity contribution in [1.82, 2.24) is 0 Å². The van der Waals surface area contributed by atoms with Crippen LogP contribution in [0.25, 0.3) is 5.76 Å². The monoisotopic (exact) mass is 222 g/mol. The van der Waals surface area contributed by atoms with Gasteiger partial charge < -0.3 is 10.3 Å². The molecule has 0 saturated carbocycles. The molecule has 1 heterocycles. The number of carbonyl (C=O) groups is 1. The molecule has 0 aromatic heterocycles. The third kappa shape index (κ3) is 1.27. The van der Waals surface area contributed by atoms with Gasteiger partial charge in [-0.3, -0.25) is 15.2 Å². The number of aliphatic hydroxyl groups excluding tert-OH is 1. The van der Waals surface area contributed by atoms with Gasteiger partial charge in [0.1, 0.15) is 5.69 Å². The lowest BCUT2D eigenvalue weighted by molar-refractivity contribution is -0.693. The number of para-hydroxylation sites is 1. The lowest BCUT2D eigenvalue weighted by atomic mass is 10.1. The molecule has 1 amide bonds. The molecule has 0 saturated heterocycles. The van der Waals surface area contributed by atoms with Gasteiger partial charge in [0, 0.05) is 6.07 Å². The maximum absolute atomic E-state index is 11.5. The number of amides is 1. The van der Waals surface area contributed by atoms with Gasteiger partial charge in [0.2, 0.25) is 5.76 Å². The smallest absolute Gasteiger partial charge is 0.423 e. The lowest BCUT2D eigenvalue weighted by Gasteiger charge is -2.23. The maximum Gasteiger partial charge on any atom is 0.423 e. The molecule has 1 unspecified atom stereocenters. The average Bonchev–Trinajstić information content (AvgIpc) is 2.26. The van der Waals surface area contributed by atoms with Gasteiger partial charge in [0.05, 0.1) is 10.5 Å². The lowest BCUT2D eigenvalue weighted by Crippen LogP contribution is -3.06. The number of hydrogen-bond donors (Lipinski definition) is 2. The second-order valence-electron chi connectivity index (χ2n) is 3.16. The van der Waals surface area contributed by atoms with Crippen LogP contribution in [-0.4, -0.2) is 15.9 Å². The molecular weight excluding hydrogens is 216 g/mol. The van der Waals surface area contributed by atoms with Crippen molar-refractivity contribution in [2.45, 2.75) is 0 Å². The van der Waals surface area contributed by atoms with Crippen molar-refractivity contribution in [2.75, 3.05) is 0 Å². The fourth-order valence-corrected chi connectivity index (χ4v) is 1.52. The van der Waals surface area contributed by atoms with E-state index in [1.165, 1.54) is 24.3 Å². The van der Waals surface area contributed by atoms with E-state index in [2.05, 4.69) is 0 Å². The van der Waals surface area contributed by atoms with E-state index in [1.54, 1.807) is 0 Å². The van der Waals surface area contributed by atoms with Gasteiger partial charge in [0.25, 0.3) is 0 Å². The van der Waals surface area contributed by atoms with Crippen LogP contribution < -0.4 is 5.06 Å². The third-order valence-electron chi connectivity index (χ3n) is 2.25. The molecule has 2 rings (SSSR count). The summed E-state index contributed by atoms with van der Waals surface area (Å²) >= 11 is 0. The fraction of sp³-hybridized carbons (Fsp3) is 0. The van der Waals surface area contributed by atoms with E-state index in [-0.39, 0.29) is 11.3 Å². The summed E-state index contributed by atoms with van der Waals surface area (Å²) in [6, 6.07) is 5.70. The van der Waals surface area contributed by atoms with Crippen molar-refractivity contribution < 1.29 is 19.9 Å². The predicted molar refractivity (Wildman–Crippen MR) is 52.0 cm³/mol. The van der Waals surface area contributed by atoms with Crippen LogP contribution in [0.2, 0.25) is 0 Å². The van der Waals surface area contributed by atoms with Crippen LogP contribution in [0, 0.1) is 15.3 Å². The Morgan fingerprint density at radius 1 is 1.31 bits per heavy atom. The first-order chi connectivity index (χ1) is 7.54. The zero-order chi connectivity index (χ0) is 11.9. The number of hydroxylamine groups is 1. The molecule has 1 aromatic carbocycles. The van der Waals surface area contributed by atoms with E-state index < -0.39 is 27.3 Å². The minimum Gasteiger partial charge on any atom is -0.621 e. The molecule has 0 radical (unpaired) electrons. The zero-order valence-electron chi connectivity index (χ0n) is 7.84. The van der Waals surface area contributed by atoms with E-state index in [1.807, 2.05) is 0 Å². The van der Waals surface area contributed by atoms with Crippen molar-refractivity contribution in [2.24, 2.45) is 0 Å². The number of benzene rings is 1. The highest BCUT2D eigenvalue weighted by Gasteiger charge is 2.41. The van der Waals surface area contributed by atoms with E-state index in [0.717, 1.165) is 0 Å². The Hall–Kier alpha value is -2.25. The first-order valence-electron chi connectivity index (χ1n) is 4.30. The molecule has 0 aliphatic carbocycles. The van der Waals surface area contributed by atoms with E-state index in [9.17, 15) is 25.2 Å². The Kier molecular flexibility index (Phi) is 2.18. The maximum atomic E-state index is 11.5. The van der Waals surface area contributed by atoms with Gasteiger partial charge in [-0.2, -0.15) is 0 Å². The minimum atomic E-state index is -1.29. The summed E-state index contributed by atoms with van der Waals surface area (Å²) in [6.45, 7) is 0. The molecule has 7 nitrogen and oxygen atoms in total. The standard InChI is InChI=1S/C9H6N2O5/c12-8-5-3-1-2-4-6(5)10(14)9(13)7(8)11(15)16/h1-4,10,12H. The second kappa shape index (κ2) is 3.40. The molecule has 0 bridgehead atoms. The summed E-state index contributed by atoms with van der Waals surface area (Å²) in [4.78, 5) is 20.8. The molecular formula is C9H6N2O5. The summed E-state index contributed by atoms with van der Waals surface area (Å²) in [5, 5.41) is 30.6. The van der Waals surface area contributed by atoms with Crippen LogP contribution in [0.15, 0.2) is 30.0 Å². The number of carbonyl (C=O) groups excluding carboxylic acids is 1. The molecule has 82 valence electrons. The summed E-state index contributed by atoms with van der Waals surface area (Å²) in [7, 11) is 0. The summed E-state index contributed by atoms with van der Waals surface area (Å²) < 4.78 is 0. The Bertz CT molecular complexity index is 522. The first kappa shape index (κ1) is 10.3. The van der Waals surface area contributed by atoms with Crippen molar-refractivity contribution in [1.29, 1.82) is 0 Å². The Balaban J connectivity index is 2.74. The van der Waals surface area contributed by atoms with Crippen LogP contribution in [0.4, 0.5) is 5.69 Å². The van der Waals surface area contributed by atoms with Crippen LogP contribution in [0.5, 0.6) is 0 Å². The average molecular weight is 222 g/mol. The number of nitrogens with one attached hydrogen (secondary N) is 1. The van der Waals surface area contributed by atoms with Crippen LogP contribution in [0.1, 0.15) is 5.56 Å². The number of quaternary nitrogens is 1. The van der Waals surface area contributed by atoms with Crippen LogP contribution in [-0.2, 0) is 4.79 Å². The van der Waals surface area contributed by atoms with Crippen LogP contribution in [0.3, 0.4) is 0 Å². The number of hydrogen-bond acceptors (Lipinski definition) is 5. The van der Waals surface area contributed by atoms with Crippen molar-refractivity contribution in [3.63, 3.8) is 0 Å². The Morgan fingerprint density at radius 2 is 1.94 bits per heavy atom. The largest absolute Gasteiger partial charge is 0.621 e. The second-order valence-corrected chi connectivity index (χ2v) is 3.16. The number of fused-ring (bicyclic) bond motifs is 1. The Morgan fingerprint density at radius 3 is 2.56 bits per heavy atom. The minimum absolute atomic E-state index is 0.0128. The van der Waals surface area contributed by atoms with Gasteiger partial charge in [-0.1, -0.05) is 12.1 Å². The fourth-order valence-electron chi connectivity index (χ4n) is 1.52. The molecule has 2 N–H and O–H groups in total. The van der Waals surface area contributed by atoms with Crippen molar-refractivity contribution in [3.05, 3.63) is 50.8 Å². The van der Waals surface area contributed by atoms with Crippen molar-refractivity contribution in [3.8, 4) is 0 Å². The van der Waals surface area contributed by atoms with Gasteiger partial charge in [-0.05, 0) is 6.07 Å².